The highest BCUT2D eigenvalue weighted by Gasteiger charge is 2.33. The largest absolute Gasteiger partial charge is 0.505 e. The van der Waals surface area contributed by atoms with Gasteiger partial charge < -0.3 is 19.7 Å². The van der Waals surface area contributed by atoms with Gasteiger partial charge in [-0.2, -0.15) is 5.10 Å². The van der Waals surface area contributed by atoms with Gasteiger partial charge in [0.2, 0.25) is 0 Å². The van der Waals surface area contributed by atoms with Gasteiger partial charge in [-0.15, -0.1) is 0 Å². The molecule has 9 heteroatoms. The van der Waals surface area contributed by atoms with Crippen LogP contribution in [0.2, 0.25) is 0 Å². The highest BCUT2D eigenvalue weighted by atomic mass is 19.1. The van der Waals surface area contributed by atoms with Crippen molar-refractivity contribution in [2.45, 2.75) is 26.6 Å². The summed E-state index contributed by atoms with van der Waals surface area (Å²) in [6.07, 6.45) is 0. The van der Waals surface area contributed by atoms with Crippen LogP contribution in [0.4, 0.5) is 4.39 Å². The Labute approximate surface area is 159 Å². The predicted molar refractivity (Wildman–Crippen MR) is 98.6 cm³/mol. The van der Waals surface area contributed by atoms with Gasteiger partial charge in [0.1, 0.15) is 11.2 Å². The summed E-state index contributed by atoms with van der Waals surface area (Å²) in [6.45, 7) is 2.47. The fourth-order valence-corrected chi connectivity index (χ4v) is 3.71. The molecule has 0 bridgehead atoms. The molecule has 2 N–H and O–H groups in total. The predicted octanol–water partition coefficient (Wildman–Crippen LogP) is 0.999. The van der Waals surface area contributed by atoms with Gasteiger partial charge in [0.25, 0.3) is 11.5 Å². The van der Waals surface area contributed by atoms with Crippen LogP contribution in [0.15, 0.2) is 29.1 Å². The molecule has 0 fully saturated rings. The molecule has 2 aromatic heterocycles. The summed E-state index contributed by atoms with van der Waals surface area (Å²) in [6, 6.07) is 5.87. The number of halogens is 1. The molecule has 0 radical (unpaired) electrons. The quantitative estimate of drug-likeness (QED) is 0.697. The number of aromatic nitrogens is 3. The zero-order valence-electron chi connectivity index (χ0n) is 15.2. The summed E-state index contributed by atoms with van der Waals surface area (Å²) >= 11 is 0. The van der Waals surface area contributed by atoms with Crippen LogP contribution >= 0.6 is 0 Å². The number of amides is 1. The number of aryl methyl sites for hydroxylation is 1. The second-order valence-electron chi connectivity index (χ2n) is 6.76. The monoisotopic (exact) mass is 386 g/mol. The van der Waals surface area contributed by atoms with Gasteiger partial charge in [-0.1, -0.05) is 12.1 Å². The first-order valence-electron chi connectivity index (χ1n) is 8.89. The lowest BCUT2D eigenvalue weighted by Gasteiger charge is -2.29. The molecule has 28 heavy (non-hydrogen) atoms. The van der Waals surface area contributed by atoms with Crippen LogP contribution in [-0.2, 0) is 19.6 Å². The summed E-state index contributed by atoms with van der Waals surface area (Å²) in [5.74, 6) is -1.13. The van der Waals surface area contributed by atoms with Gasteiger partial charge in [0.05, 0.1) is 24.4 Å². The van der Waals surface area contributed by atoms with E-state index in [4.69, 9.17) is 5.11 Å². The highest BCUT2D eigenvalue weighted by molar-refractivity contribution is 6.04. The van der Waals surface area contributed by atoms with Crippen molar-refractivity contribution in [2.24, 2.45) is 0 Å². The standard InChI is InChI=1S/C19H19FN4O4/c1-11-15-14(18(27)24(21-11)8-9-25)17(26)16-19(28)22(6-7-23(15)16)10-12-2-4-13(20)5-3-12/h2-5,25-26H,6-10H2,1H3. The van der Waals surface area contributed by atoms with Crippen molar-refractivity contribution < 1.29 is 19.4 Å². The van der Waals surface area contributed by atoms with E-state index in [1.165, 1.54) is 12.1 Å². The van der Waals surface area contributed by atoms with Crippen molar-refractivity contribution in [3.63, 3.8) is 0 Å². The van der Waals surface area contributed by atoms with E-state index in [0.29, 0.717) is 24.3 Å². The minimum Gasteiger partial charge on any atom is -0.505 e. The number of aliphatic hydroxyl groups is 1. The van der Waals surface area contributed by atoms with Crippen LogP contribution in [0.3, 0.4) is 0 Å². The van der Waals surface area contributed by atoms with Crippen LogP contribution in [0.25, 0.3) is 10.9 Å². The second kappa shape index (κ2) is 6.75. The Bertz CT molecular complexity index is 1130. The first-order valence-corrected chi connectivity index (χ1v) is 8.89. The number of hydrogen-bond acceptors (Lipinski definition) is 5. The zero-order chi connectivity index (χ0) is 20.0. The SMILES string of the molecule is Cc1nn(CCO)c(=O)c2c(O)c3n(c12)CCN(Cc1ccc(F)cc1)C3=O. The van der Waals surface area contributed by atoms with Gasteiger partial charge in [-0.05, 0) is 24.6 Å². The van der Waals surface area contributed by atoms with E-state index in [1.807, 2.05) is 0 Å². The van der Waals surface area contributed by atoms with Crippen molar-refractivity contribution in [3.05, 3.63) is 57.4 Å². The molecular formula is C19H19FN4O4. The topological polar surface area (TPSA) is 101 Å². The normalized spacial score (nSPS) is 14.0. The van der Waals surface area contributed by atoms with Crippen LogP contribution in [-0.4, -0.2) is 48.5 Å². The first-order chi connectivity index (χ1) is 13.4. The van der Waals surface area contributed by atoms with Crippen molar-refractivity contribution in [1.29, 1.82) is 0 Å². The van der Waals surface area contributed by atoms with Crippen molar-refractivity contribution >= 4 is 16.8 Å². The molecular weight excluding hydrogens is 367 g/mol. The highest BCUT2D eigenvalue weighted by Crippen LogP contribution is 2.34. The second-order valence-corrected chi connectivity index (χ2v) is 6.76. The molecule has 0 atom stereocenters. The van der Waals surface area contributed by atoms with Gasteiger partial charge in [0, 0.05) is 19.6 Å². The minimum atomic E-state index is -0.549. The van der Waals surface area contributed by atoms with Crippen LogP contribution < -0.4 is 5.56 Å². The molecule has 3 aromatic rings. The third-order valence-corrected chi connectivity index (χ3v) is 4.98. The van der Waals surface area contributed by atoms with Gasteiger partial charge in [-0.25, -0.2) is 9.07 Å². The van der Waals surface area contributed by atoms with E-state index in [2.05, 4.69) is 5.10 Å². The molecule has 0 saturated heterocycles. The minimum absolute atomic E-state index is 0.000203. The Balaban J connectivity index is 1.79. The van der Waals surface area contributed by atoms with E-state index in [9.17, 15) is 19.1 Å². The zero-order valence-corrected chi connectivity index (χ0v) is 15.2. The van der Waals surface area contributed by atoms with E-state index in [-0.39, 0.29) is 42.3 Å². The maximum Gasteiger partial charge on any atom is 0.280 e. The third kappa shape index (κ3) is 2.75. The number of rotatable bonds is 4. The molecule has 0 saturated carbocycles. The molecule has 3 heterocycles. The van der Waals surface area contributed by atoms with Crippen molar-refractivity contribution in [2.75, 3.05) is 13.2 Å². The van der Waals surface area contributed by atoms with Crippen LogP contribution in [0, 0.1) is 12.7 Å². The third-order valence-electron chi connectivity index (χ3n) is 4.98. The van der Waals surface area contributed by atoms with Gasteiger partial charge in [0.15, 0.2) is 11.4 Å². The number of benzene rings is 1. The first kappa shape index (κ1) is 18.2. The number of carbonyl (C=O) groups is 1. The molecule has 1 aliphatic heterocycles. The number of nitrogens with zero attached hydrogens (tertiary/aromatic N) is 4. The molecule has 4 rings (SSSR count). The number of aliphatic hydroxyl groups excluding tert-OH is 1. The molecule has 1 amide bonds. The van der Waals surface area contributed by atoms with Crippen LogP contribution in [0.1, 0.15) is 21.7 Å². The summed E-state index contributed by atoms with van der Waals surface area (Å²) in [7, 11) is 0. The molecule has 146 valence electrons. The number of carbonyl (C=O) groups excluding carboxylic acids is 1. The maximum atomic E-state index is 13.1. The van der Waals surface area contributed by atoms with Crippen molar-refractivity contribution in [3.8, 4) is 5.75 Å². The van der Waals surface area contributed by atoms with E-state index < -0.39 is 11.5 Å². The molecule has 0 unspecified atom stereocenters. The fourth-order valence-electron chi connectivity index (χ4n) is 3.71. The Morgan fingerprint density at radius 3 is 2.57 bits per heavy atom. The van der Waals surface area contributed by atoms with Gasteiger partial charge >= 0.3 is 0 Å². The molecule has 0 spiro atoms. The lowest BCUT2D eigenvalue weighted by molar-refractivity contribution is 0.0689. The smallest absolute Gasteiger partial charge is 0.280 e. The van der Waals surface area contributed by atoms with E-state index in [1.54, 1.807) is 28.5 Å². The summed E-state index contributed by atoms with van der Waals surface area (Å²) < 4.78 is 15.8. The molecule has 8 nitrogen and oxygen atoms in total. The molecule has 0 aliphatic carbocycles. The lowest BCUT2D eigenvalue weighted by atomic mass is 10.2. The Kier molecular flexibility index (Phi) is 4.38. The van der Waals surface area contributed by atoms with Crippen molar-refractivity contribution in [1.82, 2.24) is 19.2 Å². The Morgan fingerprint density at radius 1 is 1.18 bits per heavy atom. The maximum absolute atomic E-state index is 13.1. The lowest BCUT2D eigenvalue weighted by Crippen LogP contribution is -2.39. The summed E-state index contributed by atoms with van der Waals surface area (Å²) in [5.41, 5.74) is 1.19. The van der Waals surface area contributed by atoms with Gasteiger partial charge in [-0.3, -0.25) is 9.59 Å². The van der Waals surface area contributed by atoms with E-state index in [0.717, 1.165) is 10.2 Å². The number of aromatic hydroxyl groups is 1. The Morgan fingerprint density at radius 2 is 1.89 bits per heavy atom. The van der Waals surface area contributed by atoms with Crippen LogP contribution in [0.5, 0.6) is 5.75 Å². The Hall–Kier alpha value is -3.20. The summed E-state index contributed by atoms with van der Waals surface area (Å²) in [5, 5.41) is 24.0. The average molecular weight is 386 g/mol. The number of hydrogen-bond donors (Lipinski definition) is 2. The summed E-state index contributed by atoms with van der Waals surface area (Å²) in [4.78, 5) is 27.2. The fraction of sp³-hybridized carbons (Fsp3) is 0.316. The average Bonchev–Trinajstić information content (AvgIpc) is 2.98. The molecule has 1 aromatic carbocycles. The number of fused-ring (bicyclic) bond motifs is 3. The van der Waals surface area contributed by atoms with E-state index >= 15 is 0 Å². The molecule has 1 aliphatic rings.